The second kappa shape index (κ2) is 7.89. The zero-order valence-electron chi connectivity index (χ0n) is 15.9. The van der Waals surface area contributed by atoms with E-state index < -0.39 is 12.0 Å². The zero-order valence-corrected chi connectivity index (χ0v) is 16.7. The SMILES string of the molecule is C#CCn1c(=NC(=O)[C@@H]2COc3ccccc3O2)sc2cc(OC)c(OC)cc21. The molecule has 2 aromatic carbocycles. The molecule has 1 atom stereocenters. The lowest BCUT2D eigenvalue weighted by atomic mass is 10.2. The van der Waals surface area contributed by atoms with Gasteiger partial charge in [0, 0.05) is 12.1 Å². The van der Waals surface area contributed by atoms with Crippen molar-refractivity contribution in [2.75, 3.05) is 20.8 Å². The minimum Gasteiger partial charge on any atom is -0.493 e. The Kier molecular flexibility index (Phi) is 5.14. The van der Waals surface area contributed by atoms with Crippen LogP contribution in [-0.2, 0) is 11.3 Å². The van der Waals surface area contributed by atoms with Crippen molar-refractivity contribution in [2.45, 2.75) is 12.6 Å². The van der Waals surface area contributed by atoms with E-state index in [4.69, 9.17) is 25.4 Å². The van der Waals surface area contributed by atoms with Crippen molar-refractivity contribution >= 4 is 27.5 Å². The quantitative estimate of drug-likeness (QED) is 0.619. The van der Waals surface area contributed by atoms with Crippen LogP contribution in [0.4, 0.5) is 0 Å². The van der Waals surface area contributed by atoms with Gasteiger partial charge in [-0.3, -0.25) is 4.79 Å². The predicted molar refractivity (Wildman–Crippen MR) is 109 cm³/mol. The highest BCUT2D eigenvalue weighted by molar-refractivity contribution is 7.16. The van der Waals surface area contributed by atoms with Crippen LogP contribution in [0.3, 0.4) is 0 Å². The van der Waals surface area contributed by atoms with Gasteiger partial charge in [-0.2, -0.15) is 4.99 Å². The van der Waals surface area contributed by atoms with E-state index in [0.29, 0.717) is 27.8 Å². The van der Waals surface area contributed by atoms with Gasteiger partial charge < -0.3 is 23.5 Å². The van der Waals surface area contributed by atoms with Crippen molar-refractivity contribution < 1.29 is 23.7 Å². The molecule has 29 heavy (non-hydrogen) atoms. The number of benzene rings is 2. The number of para-hydroxylation sites is 2. The summed E-state index contributed by atoms with van der Waals surface area (Å²) < 4.78 is 24.8. The van der Waals surface area contributed by atoms with E-state index in [1.165, 1.54) is 11.3 Å². The van der Waals surface area contributed by atoms with E-state index in [1.807, 2.05) is 24.3 Å². The third kappa shape index (κ3) is 3.52. The molecule has 0 unspecified atom stereocenters. The molecule has 2 heterocycles. The fourth-order valence-corrected chi connectivity index (χ4v) is 4.08. The molecular formula is C21H18N2O5S. The average Bonchev–Trinajstić information content (AvgIpc) is 3.08. The van der Waals surface area contributed by atoms with Gasteiger partial charge in [-0.1, -0.05) is 29.4 Å². The predicted octanol–water partition coefficient (Wildman–Crippen LogP) is 2.62. The van der Waals surface area contributed by atoms with Gasteiger partial charge in [0.05, 0.1) is 31.0 Å². The highest BCUT2D eigenvalue weighted by atomic mass is 32.1. The maximum atomic E-state index is 12.8. The smallest absolute Gasteiger partial charge is 0.292 e. The van der Waals surface area contributed by atoms with Crippen LogP contribution < -0.4 is 23.7 Å². The van der Waals surface area contributed by atoms with Crippen LogP contribution in [0, 0.1) is 12.3 Å². The third-order valence-electron chi connectivity index (χ3n) is 4.43. The summed E-state index contributed by atoms with van der Waals surface area (Å²) in [4.78, 5) is 17.5. The summed E-state index contributed by atoms with van der Waals surface area (Å²) in [5.41, 5.74) is 0.809. The maximum Gasteiger partial charge on any atom is 0.292 e. The van der Waals surface area contributed by atoms with E-state index in [0.717, 1.165) is 10.2 Å². The van der Waals surface area contributed by atoms with Gasteiger partial charge in [0.25, 0.3) is 5.91 Å². The van der Waals surface area contributed by atoms with Crippen molar-refractivity contribution in [1.29, 1.82) is 0 Å². The fraction of sp³-hybridized carbons (Fsp3) is 0.238. The summed E-state index contributed by atoms with van der Waals surface area (Å²) in [7, 11) is 3.13. The Bertz CT molecular complexity index is 1190. The first-order chi connectivity index (χ1) is 14.1. The molecule has 4 rings (SSSR count). The lowest BCUT2D eigenvalue weighted by Gasteiger charge is -2.23. The number of amides is 1. The Morgan fingerprint density at radius 3 is 2.72 bits per heavy atom. The number of nitrogens with zero attached hydrogens (tertiary/aromatic N) is 2. The Labute approximate surface area is 171 Å². The van der Waals surface area contributed by atoms with Crippen LogP contribution in [0.5, 0.6) is 23.0 Å². The molecule has 0 saturated carbocycles. The molecule has 0 saturated heterocycles. The molecule has 0 spiro atoms. The molecule has 1 amide bonds. The number of fused-ring (bicyclic) bond motifs is 2. The molecule has 1 aliphatic rings. The first-order valence-electron chi connectivity index (χ1n) is 8.80. The van der Waals surface area contributed by atoms with Crippen LogP contribution in [0.1, 0.15) is 0 Å². The number of rotatable bonds is 4. The van der Waals surface area contributed by atoms with Crippen LogP contribution in [0.25, 0.3) is 10.2 Å². The number of carbonyl (C=O) groups is 1. The van der Waals surface area contributed by atoms with Crippen molar-refractivity contribution in [1.82, 2.24) is 4.57 Å². The molecule has 0 fully saturated rings. The Balaban J connectivity index is 1.74. The molecule has 1 aromatic heterocycles. The van der Waals surface area contributed by atoms with Gasteiger partial charge in [-0.15, -0.1) is 6.42 Å². The van der Waals surface area contributed by atoms with Gasteiger partial charge in [-0.25, -0.2) is 0 Å². The topological polar surface area (TPSA) is 71.3 Å². The number of methoxy groups -OCH3 is 2. The molecule has 3 aromatic rings. The Hall–Kier alpha value is -3.44. The van der Waals surface area contributed by atoms with E-state index in [2.05, 4.69) is 10.9 Å². The van der Waals surface area contributed by atoms with Gasteiger partial charge in [0.15, 0.2) is 27.8 Å². The Morgan fingerprint density at radius 2 is 2.00 bits per heavy atom. The van der Waals surface area contributed by atoms with Crippen molar-refractivity contribution in [3.8, 4) is 35.3 Å². The number of aromatic nitrogens is 1. The summed E-state index contributed by atoms with van der Waals surface area (Å²) in [6.07, 6.45) is 4.72. The number of hydrogen-bond donors (Lipinski definition) is 0. The van der Waals surface area contributed by atoms with Crippen LogP contribution in [0.2, 0.25) is 0 Å². The molecule has 7 nitrogen and oxygen atoms in total. The van der Waals surface area contributed by atoms with E-state index in [-0.39, 0.29) is 13.2 Å². The van der Waals surface area contributed by atoms with Crippen molar-refractivity contribution in [3.05, 3.63) is 41.2 Å². The summed E-state index contributed by atoms with van der Waals surface area (Å²) in [6, 6.07) is 10.9. The number of ether oxygens (including phenoxy) is 4. The molecule has 0 bridgehead atoms. The highest BCUT2D eigenvalue weighted by Crippen LogP contribution is 2.34. The number of hydrogen-bond acceptors (Lipinski definition) is 6. The molecule has 0 aliphatic carbocycles. The van der Waals surface area contributed by atoms with Gasteiger partial charge >= 0.3 is 0 Å². The van der Waals surface area contributed by atoms with Crippen LogP contribution >= 0.6 is 11.3 Å². The van der Waals surface area contributed by atoms with Gasteiger partial charge in [0.2, 0.25) is 6.10 Å². The normalized spacial score (nSPS) is 15.8. The standard InChI is InChI=1S/C21H18N2O5S/c1-4-9-23-13-10-16(25-2)17(26-3)11-19(13)29-21(23)22-20(24)18-12-27-14-7-5-6-8-15(14)28-18/h1,5-8,10-11,18H,9,12H2,2-3H3/t18-/m0/s1. The molecule has 0 N–H and O–H groups in total. The van der Waals surface area contributed by atoms with Crippen molar-refractivity contribution in [2.24, 2.45) is 4.99 Å². The first-order valence-corrected chi connectivity index (χ1v) is 9.62. The fourth-order valence-electron chi connectivity index (χ4n) is 3.03. The monoisotopic (exact) mass is 410 g/mol. The van der Waals surface area contributed by atoms with Crippen LogP contribution in [0.15, 0.2) is 41.4 Å². The van der Waals surface area contributed by atoms with Gasteiger partial charge in [0.1, 0.15) is 6.61 Å². The summed E-state index contributed by atoms with van der Waals surface area (Å²) in [5.74, 6) is 4.47. The number of terminal acetylenes is 1. The minimum absolute atomic E-state index is 0.0982. The van der Waals surface area contributed by atoms with Crippen LogP contribution in [-0.4, -0.2) is 37.4 Å². The molecule has 1 aliphatic heterocycles. The lowest BCUT2D eigenvalue weighted by molar-refractivity contribution is -0.127. The second-order valence-corrected chi connectivity index (χ2v) is 7.17. The summed E-state index contributed by atoms with van der Waals surface area (Å²) in [6.45, 7) is 0.355. The second-order valence-electron chi connectivity index (χ2n) is 6.16. The molecule has 148 valence electrons. The zero-order chi connectivity index (χ0) is 20.4. The van der Waals surface area contributed by atoms with E-state index >= 15 is 0 Å². The lowest BCUT2D eigenvalue weighted by Crippen LogP contribution is -2.36. The third-order valence-corrected chi connectivity index (χ3v) is 5.47. The van der Waals surface area contributed by atoms with Crippen molar-refractivity contribution in [3.63, 3.8) is 0 Å². The minimum atomic E-state index is -0.821. The van der Waals surface area contributed by atoms with E-state index in [1.54, 1.807) is 30.9 Å². The summed E-state index contributed by atoms with van der Waals surface area (Å²) in [5, 5.41) is 0. The largest absolute Gasteiger partial charge is 0.493 e. The summed E-state index contributed by atoms with van der Waals surface area (Å²) >= 11 is 1.34. The molecular weight excluding hydrogens is 392 g/mol. The van der Waals surface area contributed by atoms with Gasteiger partial charge in [-0.05, 0) is 12.1 Å². The average molecular weight is 410 g/mol. The molecule has 0 radical (unpaired) electrons. The number of carbonyl (C=O) groups excluding carboxylic acids is 1. The van der Waals surface area contributed by atoms with E-state index in [9.17, 15) is 4.79 Å². The first kappa shape index (κ1) is 18.9. The maximum absolute atomic E-state index is 12.8. The number of thiazole rings is 1. The highest BCUT2D eigenvalue weighted by Gasteiger charge is 2.27. The molecule has 8 heteroatoms. The Morgan fingerprint density at radius 1 is 1.28 bits per heavy atom.